The second-order valence-corrected chi connectivity index (χ2v) is 3.09. The summed E-state index contributed by atoms with van der Waals surface area (Å²) in [5.41, 5.74) is 0. The number of ether oxygens (including phenoxy) is 1. The lowest BCUT2D eigenvalue weighted by Gasteiger charge is -2.12. The van der Waals surface area contributed by atoms with Crippen LogP contribution in [0.4, 0.5) is 4.39 Å². The van der Waals surface area contributed by atoms with Crippen molar-refractivity contribution in [2.45, 2.75) is 13.0 Å². The third kappa shape index (κ3) is 2.86. The van der Waals surface area contributed by atoms with Crippen LogP contribution in [0.15, 0.2) is 18.2 Å². The third-order valence-corrected chi connectivity index (χ3v) is 1.77. The molecule has 72 valence electrons. The van der Waals surface area contributed by atoms with E-state index in [1.807, 2.05) is 0 Å². The molecular formula is C9H10ClFO2. The molecule has 0 aliphatic heterocycles. The van der Waals surface area contributed by atoms with E-state index in [0.29, 0.717) is 5.75 Å². The Kier molecular flexibility index (Phi) is 3.51. The molecule has 1 N–H and O–H groups in total. The van der Waals surface area contributed by atoms with Gasteiger partial charge in [-0.25, -0.2) is 4.39 Å². The number of rotatable bonds is 3. The van der Waals surface area contributed by atoms with Gasteiger partial charge in [-0.3, -0.25) is 0 Å². The monoisotopic (exact) mass is 204 g/mol. The minimum Gasteiger partial charge on any atom is -0.487 e. The Morgan fingerprint density at radius 2 is 2.31 bits per heavy atom. The Hall–Kier alpha value is -0.800. The van der Waals surface area contributed by atoms with Crippen LogP contribution in [0.3, 0.4) is 0 Å². The van der Waals surface area contributed by atoms with E-state index in [9.17, 15) is 4.39 Å². The summed E-state index contributed by atoms with van der Waals surface area (Å²) < 4.78 is 17.8. The third-order valence-electron chi connectivity index (χ3n) is 1.48. The molecule has 1 atom stereocenters. The molecule has 0 radical (unpaired) electrons. The minimum atomic E-state index is -0.408. The van der Waals surface area contributed by atoms with Gasteiger partial charge in [0.1, 0.15) is 17.7 Å². The molecule has 13 heavy (non-hydrogen) atoms. The normalized spacial score (nSPS) is 12.6. The number of hydrogen-bond donors (Lipinski definition) is 1. The Bertz CT molecular complexity index is 291. The van der Waals surface area contributed by atoms with Crippen LogP contribution >= 0.6 is 11.6 Å². The summed E-state index contributed by atoms with van der Waals surface area (Å²) in [4.78, 5) is 0. The fraction of sp³-hybridized carbons (Fsp3) is 0.333. The highest BCUT2D eigenvalue weighted by Gasteiger charge is 2.06. The summed E-state index contributed by atoms with van der Waals surface area (Å²) in [6.07, 6.45) is -0.344. The van der Waals surface area contributed by atoms with Crippen LogP contribution < -0.4 is 4.74 Å². The van der Waals surface area contributed by atoms with E-state index in [0.717, 1.165) is 0 Å². The van der Waals surface area contributed by atoms with Gasteiger partial charge in [0.25, 0.3) is 0 Å². The van der Waals surface area contributed by atoms with E-state index < -0.39 is 5.82 Å². The van der Waals surface area contributed by atoms with Gasteiger partial charge < -0.3 is 9.84 Å². The Labute approximate surface area is 80.9 Å². The molecule has 1 unspecified atom stereocenters. The maximum absolute atomic E-state index is 12.6. The molecule has 0 aliphatic rings. The van der Waals surface area contributed by atoms with Gasteiger partial charge >= 0.3 is 0 Å². The molecule has 0 bridgehead atoms. The Balaban J connectivity index is 2.77. The van der Waals surface area contributed by atoms with Crippen molar-refractivity contribution in [3.8, 4) is 5.75 Å². The van der Waals surface area contributed by atoms with Gasteiger partial charge in [-0.2, -0.15) is 0 Å². The average Bonchev–Trinajstić information content (AvgIpc) is 2.09. The molecule has 1 rings (SSSR count). The van der Waals surface area contributed by atoms with Gasteiger partial charge in [-0.1, -0.05) is 11.6 Å². The van der Waals surface area contributed by atoms with Crippen molar-refractivity contribution in [1.29, 1.82) is 0 Å². The molecular weight excluding hydrogens is 195 g/mol. The predicted octanol–water partition coefficient (Wildman–Crippen LogP) is 2.24. The fourth-order valence-electron chi connectivity index (χ4n) is 0.825. The van der Waals surface area contributed by atoms with Crippen molar-refractivity contribution in [1.82, 2.24) is 0 Å². The van der Waals surface area contributed by atoms with Crippen LogP contribution in [0.5, 0.6) is 5.75 Å². The average molecular weight is 205 g/mol. The van der Waals surface area contributed by atoms with Crippen LogP contribution in [0, 0.1) is 5.82 Å². The molecule has 0 amide bonds. The number of aliphatic hydroxyl groups is 1. The molecule has 1 aromatic rings. The molecule has 0 aromatic heterocycles. The Morgan fingerprint density at radius 3 is 2.85 bits per heavy atom. The Morgan fingerprint density at radius 1 is 1.62 bits per heavy atom. The van der Waals surface area contributed by atoms with Crippen LogP contribution in [-0.4, -0.2) is 17.8 Å². The topological polar surface area (TPSA) is 29.5 Å². The first-order valence-corrected chi connectivity index (χ1v) is 4.24. The van der Waals surface area contributed by atoms with Gasteiger partial charge in [0.2, 0.25) is 0 Å². The van der Waals surface area contributed by atoms with Gasteiger partial charge in [-0.05, 0) is 25.1 Å². The van der Waals surface area contributed by atoms with E-state index in [2.05, 4.69) is 0 Å². The SMILES string of the molecule is CC(CO)Oc1ccc(F)cc1Cl. The minimum absolute atomic E-state index is 0.103. The standard InChI is InChI=1S/C9H10ClFO2/c1-6(5-12)13-9-3-2-7(11)4-8(9)10/h2-4,6,12H,5H2,1H3. The van der Waals surface area contributed by atoms with Gasteiger partial charge in [0.15, 0.2) is 0 Å². The summed E-state index contributed by atoms with van der Waals surface area (Å²) in [6, 6.07) is 3.86. The van der Waals surface area contributed by atoms with E-state index in [1.165, 1.54) is 18.2 Å². The first kappa shape index (κ1) is 10.3. The van der Waals surface area contributed by atoms with E-state index >= 15 is 0 Å². The fourth-order valence-corrected chi connectivity index (χ4v) is 1.04. The summed E-state index contributed by atoms with van der Waals surface area (Å²) in [6.45, 7) is 1.59. The quantitative estimate of drug-likeness (QED) is 0.818. The number of aliphatic hydroxyl groups excluding tert-OH is 1. The first-order valence-electron chi connectivity index (χ1n) is 3.86. The van der Waals surface area contributed by atoms with Crippen molar-refractivity contribution in [2.75, 3.05) is 6.61 Å². The maximum atomic E-state index is 12.6. The van der Waals surface area contributed by atoms with Crippen LogP contribution in [0.1, 0.15) is 6.92 Å². The highest BCUT2D eigenvalue weighted by molar-refractivity contribution is 6.32. The molecule has 0 aliphatic carbocycles. The zero-order valence-electron chi connectivity index (χ0n) is 7.13. The second kappa shape index (κ2) is 4.44. The van der Waals surface area contributed by atoms with E-state index in [-0.39, 0.29) is 17.7 Å². The second-order valence-electron chi connectivity index (χ2n) is 2.69. The van der Waals surface area contributed by atoms with E-state index in [1.54, 1.807) is 6.92 Å². The first-order chi connectivity index (χ1) is 6.13. The summed E-state index contributed by atoms with van der Waals surface area (Å²) >= 11 is 5.68. The highest BCUT2D eigenvalue weighted by atomic mass is 35.5. The van der Waals surface area contributed by atoms with Crippen molar-refractivity contribution in [3.63, 3.8) is 0 Å². The van der Waals surface area contributed by atoms with Crippen LogP contribution in [-0.2, 0) is 0 Å². The molecule has 2 nitrogen and oxygen atoms in total. The van der Waals surface area contributed by atoms with Crippen LogP contribution in [0.2, 0.25) is 5.02 Å². The van der Waals surface area contributed by atoms with Crippen molar-refractivity contribution in [3.05, 3.63) is 29.0 Å². The zero-order chi connectivity index (χ0) is 9.84. The van der Waals surface area contributed by atoms with Crippen molar-refractivity contribution in [2.24, 2.45) is 0 Å². The molecule has 0 heterocycles. The van der Waals surface area contributed by atoms with Crippen LogP contribution in [0.25, 0.3) is 0 Å². The van der Waals surface area contributed by atoms with Crippen molar-refractivity contribution >= 4 is 11.6 Å². The van der Waals surface area contributed by atoms with Gasteiger partial charge in [-0.15, -0.1) is 0 Å². The molecule has 1 aromatic carbocycles. The number of benzene rings is 1. The molecule has 0 saturated heterocycles. The summed E-state index contributed by atoms with van der Waals surface area (Å²) in [7, 11) is 0. The smallest absolute Gasteiger partial charge is 0.138 e. The van der Waals surface area contributed by atoms with Crippen molar-refractivity contribution < 1.29 is 14.2 Å². The van der Waals surface area contributed by atoms with E-state index in [4.69, 9.17) is 21.4 Å². The predicted molar refractivity (Wildman–Crippen MR) is 48.6 cm³/mol. The maximum Gasteiger partial charge on any atom is 0.138 e. The van der Waals surface area contributed by atoms with Gasteiger partial charge in [0.05, 0.1) is 11.6 Å². The summed E-state index contributed by atoms with van der Waals surface area (Å²) in [5.74, 6) is -0.0291. The lowest BCUT2D eigenvalue weighted by molar-refractivity contribution is 0.130. The zero-order valence-corrected chi connectivity index (χ0v) is 7.88. The molecule has 0 fully saturated rings. The highest BCUT2D eigenvalue weighted by Crippen LogP contribution is 2.25. The number of halogens is 2. The lowest BCUT2D eigenvalue weighted by Crippen LogP contribution is -2.16. The number of hydrogen-bond acceptors (Lipinski definition) is 2. The summed E-state index contributed by atoms with van der Waals surface area (Å²) in [5, 5.41) is 8.91. The molecule has 4 heteroatoms. The largest absolute Gasteiger partial charge is 0.487 e. The molecule has 0 saturated carbocycles. The van der Waals surface area contributed by atoms with Gasteiger partial charge in [0, 0.05) is 0 Å². The molecule has 0 spiro atoms. The lowest BCUT2D eigenvalue weighted by atomic mass is 10.3.